The van der Waals surface area contributed by atoms with Crippen LogP contribution in [-0.4, -0.2) is 19.6 Å². The zero-order valence-electron chi connectivity index (χ0n) is 8.47. The van der Waals surface area contributed by atoms with Crippen molar-refractivity contribution in [2.75, 3.05) is 13.7 Å². The van der Waals surface area contributed by atoms with Gasteiger partial charge in [-0.1, -0.05) is 11.6 Å². The van der Waals surface area contributed by atoms with Crippen molar-refractivity contribution >= 4 is 17.6 Å². The molecule has 0 atom stereocenters. The van der Waals surface area contributed by atoms with Crippen LogP contribution in [0.3, 0.4) is 0 Å². The van der Waals surface area contributed by atoms with Gasteiger partial charge in [-0.05, 0) is 36.2 Å². The van der Waals surface area contributed by atoms with Crippen LogP contribution in [0.2, 0.25) is 5.02 Å². The lowest BCUT2D eigenvalue weighted by Gasteiger charge is -2.18. The zero-order chi connectivity index (χ0) is 10.8. The Morgan fingerprint density at radius 3 is 3.00 bits per heavy atom. The normalized spacial score (nSPS) is 14.5. The third-order valence-electron chi connectivity index (χ3n) is 2.58. The van der Waals surface area contributed by atoms with E-state index in [1.54, 1.807) is 0 Å². The number of benzene rings is 1. The number of hydrogen-bond acceptors (Lipinski definition) is 3. The van der Waals surface area contributed by atoms with E-state index in [1.165, 1.54) is 18.2 Å². The second-order valence-corrected chi connectivity index (χ2v) is 3.93. The molecule has 4 heteroatoms. The molecule has 1 aliphatic heterocycles. The van der Waals surface area contributed by atoms with Crippen molar-refractivity contribution in [1.29, 1.82) is 0 Å². The standard InChI is InChI=1S/C11H12ClNO2/c1-15-11(14)9-4-7-2-3-13-6-8(7)5-10(9)12/h4-5,13H,2-3,6H2,1H3. The average molecular weight is 226 g/mol. The van der Waals surface area contributed by atoms with Crippen molar-refractivity contribution in [3.8, 4) is 0 Å². The quantitative estimate of drug-likeness (QED) is 0.741. The highest BCUT2D eigenvalue weighted by atomic mass is 35.5. The molecule has 0 aromatic heterocycles. The highest BCUT2D eigenvalue weighted by Gasteiger charge is 2.16. The number of carbonyl (C=O) groups is 1. The minimum absolute atomic E-state index is 0.374. The molecule has 0 bridgehead atoms. The summed E-state index contributed by atoms with van der Waals surface area (Å²) in [6.45, 7) is 1.76. The lowest BCUT2D eigenvalue weighted by atomic mass is 9.98. The molecule has 0 fully saturated rings. The van der Waals surface area contributed by atoms with Crippen LogP contribution in [0.15, 0.2) is 12.1 Å². The van der Waals surface area contributed by atoms with Gasteiger partial charge in [-0.2, -0.15) is 0 Å². The number of nitrogens with one attached hydrogen (secondary N) is 1. The van der Waals surface area contributed by atoms with Crippen LogP contribution in [0, 0.1) is 0 Å². The number of methoxy groups -OCH3 is 1. The molecule has 2 rings (SSSR count). The molecule has 1 heterocycles. The minimum atomic E-state index is -0.374. The fourth-order valence-corrected chi connectivity index (χ4v) is 2.03. The highest BCUT2D eigenvalue weighted by molar-refractivity contribution is 6.33. The fourth-order valence-electron chi connectivity index (χ4n) is 1.77. The van der Waals surface area contributed by atoms with E-state index >= 15 is 0 Å². The summed E-state index contributed by atoms with van der Waals surface area (Å²) in [5.74, 6) is -0.374. The summed E-state index contributed by atoms with van der Waals surface area (Å²) in [7, 11) is 1.36. The van der Waals surface area contributed by atoms with E-state index in [-0.39, 0.29) is 5.97 Å². The fraction of sp³-hybridized carbons (Fsp3) is 0.364. The SMILES string of the molecule is COC(=O)c1cc2c(cc1Cl)CNCC2. The smallest absolute Gasteiger partial charge is 0.339 e. The van der Waals surface area contributed by atoms with Gasteiger partial charge in [0.2, 0.25) is 0 Å². The van der Waals surface area contributed by atoms with Crippen molar-refractivity contribution < 1.29 is 9.53 Å². The predicted octanol–water partition coefficient (Wildman–Crippen LogP) is 1.77. The van der Waals surface area contributed by atoms with Crippen LogP contribution in [0.5, 0.6) is 0 Å². The third kappa shape index (κ3) is 1.98. The van der Waals surface area contributed by atoms with Crippen molar-refractivity contribution in [2.45, 2.75) is 13.0 Å². The number of carbonyl (C=O) groups excluding carboxylic acids is 1. The van der Waals surface area contributed by atoms with E-state index in [0.717, 1.165) is 19.5 Å². The molecular weight excluding hydrogens is 214 g/mol. The van der Waals surface area contributed by atoms with Crippen molar-refractivity contribution in [3.63, 3.8) is 0 Å². The summed E-state index contributed by atoms with van der Waals surface area (Å²) in [5.41, 5.74) is 2.80. The maximum Gasteiger partial charge on any atom is 0.339 e. The van der Waals surface area contributed by atoms with Crippen molar-refractivity contribution in [3.05, 3.63) is 33.8 Å². The van der Waals surface area contributed by atoms with Gasteiger partial charge in [0.15, 0.2) is 0 Å². The Hall–Kier alpha value is -1.06. The van der Waals surface area contributed by atoms with Crippen LogP contribution in [0.4, 0.5) is 0 Å². The Morgan fingerprint density at radius 1 is 1.47 bits per heavy atom. The van der Waals surface area contributed by atoms with Gasteiger partial charge in [-0.25, -0.2) is 4.79 Å². The maximum absolute atomic E-state index is 11.4. The first-order chi connectivity index (χ1) is 7.22. The van der Waals surface area contributed by atoms with Gasteiger partial charge >= 0.3 is 5.97 Å². The van der Waals surface area contributed by atoms with E-state index < -0.39 is 0 Å². The summed E-state index contributed by atoms with van der Waals surface area (Å²) in [4.78, 5) is 11.4. The number of halogens is 1. The van der Waals surface area contributed by atoms with Gasteiger partial charge in [-0.15, -0.1) is 0 Å². The number of ether oxygens (including phenoxy) is 1. The molecule has 15 heavy (non-hydrogen) atoms. The summed E-state index contributed by atoms with van der Waals surface area (Å²) >= 11 is 6.01. The Labute approximate surface area is 93.4 Å². The van der Waals surface area contributed by atoms with E-state index in [0.29, 0.717) is 10.6 Å². The minimum Gasteiger partial charge on any atom is -0.465 e. The highest BCUT2D eigenvalue weighted by Crippen LogP contribution is 2.24. The first-order valence-electron chi connectivity index (χ1n) is 4.82. The second kappa shape index (κ2) is 4.21. The molecule has 0 saturated heterocycles. The van der Waals surface area contributed by atoms with Gasteiger partial charge in [0.1, 0.15) is 0 Å². The molecule has 0 amide bonds. The molecule has 0 unspecified atom stereocenters. The third-order valence-corrected chi connectivity index (χ3v) is 2.89. The number of esters is 1. The first kappa shape index (κ1) is 10.5. The van der Waals surface area contributed by atoms with Gasteiger partial charge in [-0.3, -0.25) is 0 Å². The largest absolute Gasteiger partial charge is 0.465 e. The molecule has 0 saturated carbocycles. The Balaban J connectivity index is 2.44. The van der Waals surface area contributed by atoms with Crippen molar-refractivity contribution in [2.24, 2.45) is 0 Å². The van der Waals surface area contributed by atoms with E-state index in [4.69, 9.17) is 11.6 Å². The molecule has 80 valence electrons. The Kier molecular flexibility index (Phi) is 2.93. The Bertz CT molecular complexity index is 404. The molecule has 1 aliphatic rings. The number of rotatable bonds is 1. The summed E-state index contributed by atoms with van der Waals surface area (Å²) < 4.78 is 4.67. The Morgan fingerprint density at radius 2 is 2.27 bits per heavy atom. The van der Waals surface area contributed by atoms with Crippen LogP contribution in [0.1, 0.15) is 21.5 Å². The molecule has 0 radical (unpaired) electrons. The number of fused-ring (bicyclic) bond motifs is 1. The summed E-state index contributed by atoms with van der Waals surface area (Å²) in [6.07, 6.45) is 0.927. The molecule has 1 aromatic rings. The molecule has 1 N–H and O–H groups in total. The van der Waals surface area contributed by atoms with Gasteiger partial charge in [0, 0.05) is 6.54 Å². The van der Waals surface area contributed by atoms with Gasteiger partial charge in [0.25, 0.3) is 0 Å². The van der Waals surface area contributed by atoms with Crippen molar-refractivity contribution in [1.82, 2.24) is 5.32 Å². The van der Waals surface area contributed by atoms with Gasteiger partial charge in [0.05, 0.1) is 17.7 Å². The van der Waals surface area contributed by atoms with Gasteiger partial charge < -0.3 is 10.1 Å². The second-order valence-electron chi connectivity index (χ2n) is 3.52. The predicted molar refractivity (Wildman–Crippen MR) is 58.2 cm³/mol. The monoisotopic (exact) mass is 225 g/mol. The lowest BCUT2D eigenvalue weighted by Crippen LogP contribution is -2.24. The maximum atomic E-state index is 11.4. The van der Waals surface area contributed by atoms with Crippen LogP contribution < -0.4 is 5.32 Å². The average Bonchev–Trinajstić information content (AvgIpc) is 2.27. The topological polar surface area (TPSA) is 38.3 Å². The van der Waals surface area contributed by atoms with Crippen LogP contribution in [0.25, 0.3) is 0 Å². The zero-order valence-corrected chi connectivity index (χ0v) is 9.23. The lowest BCUT2D eigenvalue weighted by molar-refractivity contribution is 0.0601. The molecular formula is C11H12ClNO2. The van der Waals surface area contributed by atoms with Crippen LogP contribution in [-0.2, 0) is 17.7 Å². The van der Waals surface area contributed by atoms with E-state index in [1.807, 2.05) is 12.1 Å². The molecule has 0 aliphatic carbocycles. The van der Waals surface area contributed by atoms with E-state index in [2.05, 4.69) is 10.1 Å². The molecule has 3 nitrogen and oxygen atoms in total. The summed E-state index contributed by atoms with van der Waals surface area (Å²) in [6, 6.07) is 3.68. The molecule has 1 aromatic carbocycles. The number of hydrogen-bond donors (Lipinski definition) is 1. The first-order valence-corrected chi connectivity index (χ1v) is 5.20. The molecule has 0 spiro atoms. The van der Waals surface area contributed by atoms with Crippen LogP contribution >= 0.6 is 11.6 Å². The van der Waals surface area contributed by atoms with E-state index in [9.17, 15) is 4.79 Å². The summed E-state index contributed by atoms with van der Waals surface area (Å²) in [5, 5.41) is 3.72.